The van der Waals surface area contributed by atoms with Gasteiger partial charge in [0.15, 0.2) is 0 Å². The van der Waals surface area contributed by atoms with Crippen LogP contribution in [0.25, 0.3) is 11.0 Å². The molecule has 0 bridgehead atoms. The Hall–Kier alpha value is -3.78. The van der Waals surface area contributed by atoms with E-state index in [1.54, 1.807) is 10.9 Å². The molecule has 4 aromatic heterocycles. The van der Waals surface area contributed by atoms with Gasteiger partial charge in [0, 0.05) is 17.8 Å². The second-order valence-electron chi connectivity index (χ2n) is 7.24. The summed E-state index contributed by atoms with van der Waals surface area (Å²) in [6, 6.07) is 16.1. The maximum Gasteiger partial charge on any atom is 0.261 e. The molecule has 154 valence electrons. The quantitative estimate of drug-likeness (QED) is 0.413. The fourth-order valence-electron chi connectivity index (χ4n) is 3.57. The van der Waals surface area contributed by atoms with E-state index in [1.165, 1.54) is 11.3 Å². The van der Waals surface area contributed by atoms with Gasteiger partial charge in [0.05, 0.1) is 24.2 Å². The Kier molecular flexibility index (Phi) is 5.28. The first kappa shape index (κ1) is 19.2. The molecule has 1 amide bonds. The first-order valence-corrected chi connectivity index (χ1v) is 10.8. The highest BCUT2D eigenvalue weighted by Gasteiger charge is 2.15. The monoisotopic (exact) mass is 428 g/mol. The zero-order chi connectivity index (χ0) is 21.0. The molecule has 0 unspecified atom stereocenters. The third-order valence-electron chi connectivity index (χ3n) is 5.09. The lowest BCUT2D eigenvalue weighted by molar-refractivity contribution is 0.0953. The lowest BCUT2D eigenvalue weighted by atomic mass is 10.0. The third kappa shape index (κ3) is 4.24. The number of amides is 1. The number of nitrogens with one attached hydrogen (secondary N) is 2. The molecule has 1 aromatic carbocycles. The lowest BCUT2D eigenvalue weighted by Crippen LogP contribution is -2.23. The number of carbonyl (C=O) groups excluding carboxylic acids is 1. The van der Waals surface area contributed by atoms with Crippen LogP contribution in [0.1, 0.15) is 32.1 Å². The van der Waals surface area contributed by atoms with Gasteiger partial charge in [-0.1, -0.05) is 35.5 Å². The summed E-state index contributed by atoms with van der Waals surface area (Å²) in [5.74, 6) is -0.0954. The van der Waals surface area contributed by atoms with Gasteiger partial charge in [-0.15, -0.1) is 16.4 Å². The van der Waals surface area contributed by atoms with Gasteiger partial charge in [-0.25, -0.2) is 9.67 Å². The summed E-state index contributed by atoms with van der Waals surface area (Å²) in [5, 5.41) is 14.3. The van der Waals surface area contributed by atoms with Crippen LogP contribution >= 0.6 is 11.3 Å². The number of aromatic nitrogens is 5. The van der Waals surface area contributed by atoms with E-state index in [2.05, 4.69) is 25.6 Å². The number of nitrogens with zero attached hydrogens (tertiary/aromatic N) is 4. The second kappa shape index (κ2) is 8.53. The number of hydrogen-bond acceptors (Lipinski definition) is 5. The highest BCUT2D eigenvalue weighted by atomic mass is 32.1. The third-order valence-corrected chi connectivity index (χ3v) is 6.04. The maximum absolute atomic E-state index is 12.8. The average molecular weight is 429 g/mol. The van der Waals surface area contributed by atoms with Crippen molar-refractivity contribution in [1.29, 1.82) is 0 Å². The molecular formula is C23H20N6OS. The van der Waals surface area contributed by atoms with Crippen LogP contribution in [0.5, 0.6) is 0 Å². The molecule has 0 saturated heterocycles. The Balaban J connectivity index is 1.24. The van der Waals surface area contributed by atoms with Gasteiger partial charge in [-0.3, -0.25) is 4.79 Å². The van der Waals surface area contributed by atoms with E-state index in [-0.39, 0.29) is 5.91 Å². The summed E-state index contributed by atoms with van der Waals surface area (Å²) in [6.45, 7) is 0.985. The van der Waals surface area contributed by atoms with Crippen LogP contribution in [0.3, 0.4) is 0 Å². The van der Waals surface area contributed by atoms with E-state index >= 15 is 0 Å². The smallest absolute Gasteiger partial charge is 0.261 e. The summed E-state index contributed by atoms with van der Waals surface area (Å²) in [6.07, 6.45) is 6.21. The van der Waals surface area contributed by atoms with Gasteiger partial charge in [0.2, 0.25) is 0 Å². The van der Waals surface area contributed by atoms with Crippen molar-refractivity contribution in [3.05, 3.63) is 99.8 Å². The Morgan fingerprint density at radius 3 is 2.90 bits per heavy atom. The number of hydrogen-bond donors (Lipinski definition) is 2. The topological polar surface area (TPSA) is 88.5 Å². The molecule has 0 radical (unpaired) electrons. The summed E-state index contributed by atoms with van der Waals surface area (Å²) in [7, 11) is 0. The Morgan fingerprint density at radius 2 is 2.00 bits per heavy atom. The second-order valence-corrected chi connectivity index (χ2v) is 8.15. The van der Waals surface area contributed by atoms with E-state index in [0.29, 0.717) is 19.5 Å². The van der Waals surface area contributed by atoms with Crippen LogP contribution in [-0.2, 0) is 19.5 Å². The van der Waals surface area contributed by atoms with Crippen LogP contribution in [-0.4, -0.2) is 30.9 Å². The Morgan fingerprint density at radius 1 is 1.10 bits per heavy atom. The van der Waals surface area contributed by atoms with E-state index < -0.39 is 0 Å². The van der Waals surface area contributed by atoms with Crippen molar-refractivity contribution in [2.24, 2.45) is 0 Å². The number of pyridine rings is 1. The van der Waals surface area contributed by atoms with Crippen molar-refractivity contribution < 1.29 is 4.79 Å². The van der Waals surface area contributed by atoms with Crippen molar-refractivity contribution in [3.63, 3.8) is 0 Å². The van der Waals surface area contributed by atoms with Crippen molar-refractivity contribution in [1.82, 2.24) is 30.3 Å². The minimum atomic E-state index is -0.0954. The number of H-pyrrole nitrogens is 1. The molecule has 7 nitrogen and oxygen atoms in total. The average Bonchev–Trinajstić information content (AvgIpc) is 3.54. The summed E-state index contributed by atoms with van der Waals surface area (Å²) in [4.78, 5) is 21.0. The predicted octanol–water partition coefficient (Wildman–Crippen LogP) is 3.79. The summed E-state index contributed by atoms with van der Waals surface area (Å²) in [5.41, 5.74) is 4.88. The lowest BCUT2D eigenvalue weighted by Gasteiger charge is -2.06. The van der Waals surface area contributed by atoms with Gasteiger partial charge in [0.25, 0.3) is 5.91 Å². The van der Waals surface area contributed by atoms with Gasteiger partial charge in [-0.2, -0.15) is 0 Å². The number of thiophene rings is 1. The van der Waals surface area contributed by atoms with Crippen molar-refractivity contribution >= 4 is 28.3 Å². The SMILES string of the molecule is O=C(NCc1cn(Cc2ccccc2)nn1)c1sccc1Cc1ccnc2[nH]ccc12. The number of benzene rings is 1. The van der Waals surface area contributed by atoms with Gasteiger partial charge < -0.3 is 10.3 Å². The van der Waals surface area contributed by atoms with Gasteiger partial charge >= 0.3 is 0 Å². The van der Waals surface area contributed by atoms with Crippen LogP contribution in [0.15, 0.2) is 72.5 Å². The minimum absolute atomic E-state index is 0.0954. The first-order valence-electron chi connectivity index (χ1n) is 9.95. The molecule has 2 N–H and O–H groups in total. The van der Waals surface area contributed by atoms with E-state index in [0.717, 1.165) is 38.3 Å². The van der Waals surface area contributed by atoms with E-state index in [4.69, 9.17) is 0 Å². The number of aromatic amines is 1. The zero-order valence-corrected chi connectivity index (χ0v) is 17.5. The normalized spacial score (nSPS) is 11.1. The van der Waals surface area contributed by atoms with E-state index in [9.17, 15) is 4.79 Å². The molecule has 5 aromatic rings. The van der Waals surface area contributed by atoms with E-state index in [1.807, 2.05) is 66.3 Å². The fraction of sp³-hybridized carbons (Fsp3) is 0.130. The fourth-order valence-corrected chi connectivity index (χ4v) is 4.41. The van der Waals surface area contributed by atoms with Crippen LogP contribution < -0.4 is 5.32 Å². The molecule has 0 atom stereocenters. The standard InChI is InChI=1S/C23H20N6OS/c30-23(26-13-19-15-29(28-27-19)14-16-4-2-1-3-5-16)21-18(8-11-31-21)12-17-6-9-24-22-20(17)7-10-25-22/h1-11,15H,12-14H2,(H,24,25)(H,26,30). The number of carbonyl (C=O) groups is 1. The zero-order valence-electron chi connectivity index (χ0n) is 16.7. The predicted molar refractivity (Wildman–Crippen MR) is 120 cm³/mol. The van der Waals surface area contributed by atoms with Gasteiger partial charge in [0.1, 0.15) is 11.3 Å². The summed E-state index contributed by atoms with van der Waals surface area (Å²) >= 11 is 1.45. The number of rotatable bonds is 7. The molecule has 0 aliphatic rings. The molecule has 31 heavy (non-hydrogen) atoms. The first-order chi connectivity index (χ1) is 15.3. The van der Waals surface area contributed by atoms with Crippen molar-refractivity contribution in [2.45, 2.75) is 19.5 Å². The molecular weight excluding hydrogens is 408 g/mol. The van der Waals surface area contributed by atoms with Crippen LogP contribution in [0, 0.1) is 0 Å². The van der Waals surface area contributed by atoms with Crippen LogP contribution in [0.4, 0.5) is 0 Å². The minimum Gasteiger partial charge on any atom is -0.346 e. The molecule has 0 saturated carbocycles. The molecule has 8 heteroatoms. The largest absolute Gasteiger partial charge is 0.346 e. The maximum atomic E-state index is 12.8. The van der Waals surface area contributed by atoms with Crippen molar-refractivity contribution in [2.75, 3.05) is 0 Å². The molecule has 0 spiro atoms. The highest BCUT2D eigenvalue weighted by molar-refractivity contribution is 7.12. The molecule has 5 rings (SSSR count). The molecule has 4 heterocycles. The molecule has 0 fully saturated rings. The molecule has 0 aliphatic carbocycles. The Labute approximate surface area is 182 Å². The number of fused-ring (bicyclic) bond motifs is 1. The molecule has 0 aliphatic heterocycles. The van der Waals surface area contributed by atoms with Gasteiger partial charge in [-0.05, 0) is 46.7 Å². The Bertz CT molecular complexity index is 1320. The summed E-state index contributed by atoms with van der Waals surface area (Å²) < 4.78 is 1.78. The van der Waals surface area contributed by atoms with Crippen molar-refractivity contribution in [3.8, 4) is 0 Å². The highest BCUT2D eigenvalue weighted by Crippen LogP contribution is 2.24. The van der Waals surface area contributed by atoms with Crippen LogP contribution in [0.2, 0.25) is 0 Å².